The summed E-state index contributed by atoms with van der Waals surface area (Å²) in [6.07, 6.45) is 3.51. The first-order valence-corrected chi connectivity index (χ1v) is 8.70. The van der Waals surface area contributed by atoms with Gasteiger partial charge in [0.25, 0.3) is 5.91 Å². The number of halogens is 1. The number of methoxy groups -OCH3 is 1. The monoisotopic (exact) mass is 375 g/mol. The van der Waals surface area contributed by atoms with Crippen LogP contribution in [0.3, 0.4) is 0 Å². The summed E-state index contributed by atoms with van der Waals surface area (Å²) in [5.41, 5.74) is 1.91. The highest BCUT2D eigenvalue weighted by Gasteiger charge is 2.14. The summed E-state index contributed by atoms with van der Waals surface area (Å²) >= 11 is 6.20. The lowest BCUT2D eigenvalue weighted by molar-refractivity contribution is 0.0600. The molecule has 138 valence electrons. The zero-order valence-electron chi connectivity index (χ0n) is 15.1. The van der Waals surface area contributed by atoms with E-state index >= 15 is 0 Å². The van der Waals surface area contributed by atoms with E-state index in [1.807, 2.05) is 0 Å². The first kappa shape index (κ1) is 19.7. The van der Waals surface area contributed by atoms with Crippen molar-refractivity contribution >= 4 is 34.9 Å². The third-order valence-corrected chi connectivity index (χ3v) is 4.17. The summed E-state index contributed by atoms with van der Waals surface area (Å²) < 4.78 is 4.72. The van der Waals surface area contributed by atoms with Crippen LogP contribution in [-0.4, -0.2) is 42.5 Å². The van der Waals surface area contributed by atoms with Gasteiger partial charge >= 0.3 is 5.97 Å². The molecular weight excluding hydrogens is 354 g/mol. The third kappa shape index (κ3) is 4.95. The normalized spacial score (nSPS) is 10.3. The second kappa shape index (κ2) is 9.20. The number of hydrogen-bond donors (Lipinski definition) is 1. The third-order valence-electron chi connectivity index (χ3n) is 3.84. The van der Waals surface area contributed by atoms with Gasteiger partial charge in [0, 0.05) is 25.5 Å². The Morgan fingerprint density at radius 2 is 2.04 bits per heavy atom. The second-order valence-corrected chi connectivity index (χ2v) is 6.23. The molecule has 7 heteroatoms. The molecular formula is C19H22ClN3O3. The lowest BCUT2D eigenvalue weighted by Crippen LogP contribution is -2.28. The Morgan fingerprint density at radius 1 is 1.27 bits per heavy atom. The molecule has 2 aromatic rings. The molecule has 0 aliphatic carbocycles. The first-order chi connectivity index (χ1) is 12.5. The van der Waals surface area contributed by atoms with Crippen molar-refractivity contribution < 1.29 is 14.3 Å². The van der Waals surface area contributed by atoms with E-state index in [9.17, 15) is 9.59 Å². The Morgan fingerprint density at radius 3 is 2.73 bits per heavy atom. The Bertz CT molecular complexity index is 795. The van der Waals surface area contributed by atoms with Crippen LogP contribution in [0.5, 0.6) is 0 Å². The first-order valence-electron chi connectivity index (χ1n) is 8.32. The zero-order chi connectivity index (χ0) is 19.1. The topological polar surface area (TPSA) is 71.5 Å². The minimum absolute atomic E-state index is 0.142. The molecule has 0 radical (unpaired) electrons. The Hall–Kier alpha value is -2.60. The van der Waals surface area contributed by atoms with Crippen molar-refractivity contribution in [1.82, 2.24) is 9.88 Å². The van der Waals surface area contributed by atoms with Crippen LogP contribution in [0.15, 0.2) is 36.5 Å². The van der Waals surface area contributed by atoms with Crippen molar-refractivity contribution in [3.63, 3.8) is 0 Å². The zero-order valence-corrected chi connectivity index (χ0v) is 15.8. The predicted octanol–water partition coefficient (Wildman–Crippen LogP) is 4.14. The molecule has 1 aromatic carbocycles. The standard InChI is InChI=1S/C19H22ClN3O3/c1-4-5-10-23(2)18(24)17-12-14(8-9-21-17)22-16-11-13(19(25)26-3)6-7-15(16)20/h6-9,11-12H,4-5,10H2,1-3H3,(H,21,22). The van der Waals surface area contributed by atoms with E-state index in [-0.39, 0.29) is 5.91 Å². The molecule has 0 bridgehead atoms. The Balaban J connectivity index is 2.21. The second-order valence-electron chi connectivity index (χ2n) is 5.82. The minimum atomic E-state index is -0.451. The average Bonchev–Trinajstić information content (AvgIpc) is 2.66. The van der Waals surface area contributed by atoms with E-state index in [0.29, 0.717) is 34.2 Å². The Kier molecular flexibility index (Phi) is 6.97. The molecule has 1 N–H and O–H groups in total. The number of nitrogens with one attached hydrogen (secondary N) is 1. The van der Waals surface area contributed by atoms with Gasteiger partial charge in [-0.15, -0.1) is 0 Å². The molecule has 6 nitrogen and oxygen atoms in total. The molecule has 0 fully saturated rings. The highest BCUT2D eigenvalue weighted by Crippen LogP contribution is 2.27. The van der Waals surface area contributed by atoms with Gasteiger partial charge in [-0.1, -0.05) is 24.9 Å². The van der Waals surface area contributed by atoms with Crippen LogP contribution in [0.4, 0.5) is 11.4 Å². The van der Waals surface area contributed by atoms with Crippen molar-refractivity contribution in [2.45, 2.75) is 19.8 Å². The lowest BCUT2D eigenvalue weighted by Gasteiger charge is -2.17. The molecule has 2 rings (SSSR count). The summed E-state index contributed by atoms with van der Waals surface area (Å²) in [4.78, 5) is 29.9. The molecule has 0 unspecified atom stereocenters. The number of hydrogen-bond acceptors (Lipinski definition) is 5. The van der Waals surface area contributed by atoms with Crippen molar-refractivity contribution in [3.8, 4) is 0 Å². The van der Waals surface area contributed by atoms with Gasteiger partial charge in [0.05, 0.1) is 23.4 Å². The Labute approximate surface area is 158 Å². The number of rotatable bonds is 7. The molecule has 0 saturated heterocycles. The van der Waals surface area contributed by atoms with E-state index in [1.54, 1.807) is 48.5 Å². The number of aromatic nitrogens is 1. The van der Waals surface area contributed by atoms with Gasteiger partial charge in [0.1, 0.15) is 5.69 Å². The van der Waals surface area contributed by atoms with Crippen molar-refractivity contribution in [2.24, 2.45) is 0 Å². The molecule has 1 aromatic heterocycles. The van der Waals surface area contributed by atoms with E-state index < -0.39 is 5.97 Å². The van der Waals surface area contributed by atoms with Gasteiger partial charge in [0.2, 0.25) is 0 Å². The number of benzene rings is 1. The van der Waals surface area contributed by atoms with Crippen molar-refractivity contribution in [2.75, 3.05) is 26.0 Å². The number of ether oxygens (including phenoxy) is 1. The van der Waals surface area contributed by atoms with E-state index in [0.717, 1.165) is 12.8 Å². The highest BCUT2D eigenvalue weighted by molar-refractivity contribution is 6.33. The molecule has 0 saturated carbocycles. The van der Waals surface area contributed by atoms with Crippen LogP contribution < -0.4 is 5.32 Å². The number of amides is 1. The maximum absolute atomic E-state index is 12.5. The van der Waals surface area contributed by atoms with E-state index in [1.165, 1.54) is 7.11 Å². The number of unbranched alkanes of at least 4 members (excludes halogenated alkanes) is 1. The summed E-state index contributed by atoms with van der Waals surface area (Å²) in [5, 5.41) is 3.57. The van der Waals surface area contributed by atoms with E-state index in [4.69, 9.17) is 16.3 Å². The quantitative estimate of drug-likeness (QED) is 0.736. The lowest BCUT2D eigenvalue weighted by atomic mass is 10.2. The number of pyridine rings is 1. The number of nitrogens with zero attached hydrogens (tertiary/aromatic N) is 2. The number of carbonyl (C=O) groups is 2. The van der Waals surface area contributed by atoms with Gasteiger partial charge in [0.15, 0.2) is 0 Å². The van der Waals surface area contributed by atoms with Crippen LogP contribution in [0, 0.1) is 0 Å². The van der Waals surface area contributed by atoms with Crippen molar-refractivity contribution in [1.29, 1.82) is 0 Å². The van der Waals surface area contributed by atoms with Crippen LogP contribution in [0.25, 0.3) is 0 Å². The molecule has 26 heavy (non-hydrogen) atoms. The fraction of sp³-hybridized carbons (Fsp3) is 0.316. The molecule has 1 heterocycles. The molecule has 0 aliphatic rings. The number of anilines is 2. The van der Waals surface area contributed by atoms with Crippen LogP contribution in [0.1, 0.15) is 40.6 Å². The molecule has 1 amide bonds. The summed E-state index contributed by atoms with van der Waals surface area (Å²) in [6, 6.07) is 8.19. The van der Waals surface area contributed by atoms with Crippen LogP contribution in [-0.2, 0) is 4.74 Å². The van der Waals surface area contributed by atoms with Crippen LogP contribution >= 0.6 is 11.6 Å². The van der Waals surface area contributed by atoms with E-state index in [2.05, 4.69) is 17.2 Å². The van der Waals surface area contributed by atoms with Crippen LogP contribution in [0.2, 0.25) is 5.02 Å². The van der Waals surface area contributed by atoms with Crippen molar-refractivity contribution in [3.05, 3.63) is 52.8 Å². The van der Waals surface area contributed by atoms with Gasteiger partial charge in [-0.3, -0.25) is 9.78 Å². The summed E-state index contributed by atoms with van der Waals surface area (Å²) in [5.74, 6) is -0.593. The number of carbonyl (C=O) groups excluding carboxylic acids is 2. The SMILES string of the molecule is CCCCN(C)C(=O)c1cc(Nc2cc(C(=O)OC)ccc2Cl)ccn1. The van der Waals surface area contributed by atoms with Gasteiger partial charge < -0.3 is 15.0 Å². The van der Waals surface area contributed by atoms with Gasteiger partial charge in [-0.05, 0) is 36.8 Å². The summed E-state index contributed by atoms with van der Waals surface area (Å²) in [6.45, 7) is 2.76. The fourth-order valence-electron chi connectivity index (χ4n) is 2.34. The number of esters is 1. The molecule has 0 atom stereocenters. The predicted molar refractivity (Wildman–Crippen MR) is 102 cm³/mol. The molecule has 0 spiro atoms. The maximum atomic E-state index is 12.5. The molecule has 0 aliphatic heterocycles. The average molecular weight is 376 g/mol. The summed E-state index contributed by atoms with van der Waals surface area (Å²) in [7, 11) is 3.08. The fourth-order valence-corrected chi connectivity index (χ4v) is 2.50. The highest BCUT2D eigenvalue weighted by atomic mass is 35.5. The van der Waals surface area contributed by atoms with Gasteiger partial charge in [-0.2, -0.15) is 0 Å². The maximum Gasteiger partial charge on any atom is 0.337 e. The minimum Gasteiger partial charge on any atom is -0.465 e. The van der Waals surface area contributed by atoms with Gasteiger partial charge in [-0.25, -0.2) is 4.79 Å². The largest absolute Gasteiger partial charge is 0.465 e. The smallest absolute Gasteiger partial charge is 0.337 e.